The van der Waals surface area contributed by atoms with E-state index in [-0.39, 0.29) is 24.4 Å². The molecule has 0 aromatic heterocycles. The first kappa shape index (κ1) is 23.0. The highest BCUT2D eigenvalue weighted by atomic mass is 19.4. The second kappa shape index (κ2) is 9.24. The molecule has 1 saturated heterocycles. The van der Waals surface area contributed by atoms with Gasteiger partial charge in [-0.25, -0.2) is 0 Å². The van der Waals surface area contributed by atoms with Crippen molar-refractivity contribution in [2.45, 2.75) is 62.6 Å². The summed E-state index contributed by atoms with van der Waals surface area (Å²) < 4.78 is 50.1. The summed E-state index contributed by atoms with van der Waals surface area (Å²) in [6, 6.07) is 4.64. The fourth-order valence-corrected chi connectivity index (χ4v) is 4.93. The Balaban J connectivity index is 1.77. The molecule has 30 heavy (non-hydrogen) atoms. The van der Waals surface area contributed by atoms with E-state index in [9.17, 15) is 18.0 Å². The standard InChI is InChI=1S/C22H31F3N2O3/c1-26(19(28)15-16-8-10-17(11-9-16)22(23,24)25)18-7-6-12-21(29-2,30-3)20(18)27-13-4-5-14-27/h8-11,18,20H,4-7,12-15H2,1-3H3. The van der Waals surface area contributed by atoms with Crippen molar-refractivity contribution in [2.24, 2.45) is 0 Å². The molecule has 0 spiro atoms. The van der Waals surface area contributed by atoms with Crippen molar-refractivity contribution < 1.29 is 27.4 Å². The molecule has 2 fully saturated rings. The van der Waals surface area contributed by atoms with Crippen molar-refractivity contribution in [1.29, 1.82) is 0 Å². The third-order valence-electron chi connectivity index (χ3n) is 6.59. The fraction of sp³-hybridized carbons (Fsp3) is 0.682. The summed E-state index contributed by atoms with van der Waals surface area (Å²) in [5.74, 6) is -0.886. The molecular formula is C22H31F3N2O3. The minimum Gasteiger partial charge on any atom is -0.352 e. The van der Waals surface area contributed by atoms with Gasteiger partial charge in [-0.1, -0.05) is 12.1 Å². The van der Waals surface area contributed by atoms with Crippen LogP contribution in [0.5, 0.6) is 0 Å². The molecule has 5 nitrogen and oxygen atoms in total. The van der Waals surface area contributed by atoms with Crippen LogP contribution in [0.15, 0.2) is 24.3 Å². The second-order valence-electron chi connectivity index (χ2n) is 8.24. The van der Waals surface area contributed by atoms with Crippen LogP contribution in [0.1, 0.15) is 43.2 Å². The maximum absolute atomic E-state index is 13.0. The van der Waals surface area contributed by atoms with E-state index in [1.54, 1.807) is 26.2 Å². The molecular weight excluding hydrogens is 397 g/mol. The molecule has 168 valence electrons. The second-order valence-corrected chi connectivity index (χ2v) is 8.24. The van der Waals surface area contributed by atoms with Crippen LogP contribution < -0.4 is 0 Å². The van der Waals surface area contributed by atoms with Gasteiger partial charge in [-0.15, -0.1) is 0 Å². The lowest BCUT2D eigenvalue weighted by Crippen LogP contribution is -2.66. The molecule has 1 aliphatic heterocycles. The SMILES string of the molecule is COC1(OC)CCCC(N(C)C(=O)Cc2ccc(C(F)(F)F)cc2)C1N1CCCC1. The number of hydrogen-bond acceptors (Lipinski definition) is 4. The Bertz CT molecular complexity index is 713. The summed E-state index contributed by atoms with van der Waals surface area (Å²) in [5, 5.41) is 0. The zero-order valence-electron chi connectivity index (χ0n) is 17.9. The Morgan fingerprint density at radius 1 is 1.13 bits per heavy atom. The van der Waals surface area contributed by atoms with E-state index in [2.05, 4.69) is 4.90 Å². The van der Waals surface area contributed by atoms with Crippen molar-refractivity contribution in [2.75, 3.05) is 34.4 Å². The normalized spacial score (nSPS) is 24.7. The fourth-order valence-electron chi connectivity index (χ4n) is 4.93. The van der Waals surface area contributed by atoms with Crippen molar-refractivity contribution in [3.05, 3.63) is 35.4 Å². The number of rotatable bonds is 6. The van der Waals surface area contributed by atoms with Crippen LogP contribution in [0.2, 0.25) is 0 Å². The zero-order valence-corrected chi connectivity index (χ0v) is 17.9. The molecule has 0 N–H and O–H groups in total. The highest BCUT2D eigenvalue weighted by Crippen LogP contribution is 2.39. The van der Waals surface area contributed by atoms with Crippen LogP contribution >= 0.6 is 0 Å². The number of likely N-dealkylation sites (tertiary alicyclic amines) is 1. The number of benzene rings is 1. The van der Waals surface area contributed by atoms with E-state index < -0.39 is 17.5 Å². The Morgan fingerprint density at radius 3 is 2.27 bits per heavy atom. The van der Waals surface area contributed by atoms with E-state index >= 15 is 0 Å². The number of nitrogens with zero attached hydrogens (tertiary/aromatic N) is 2. The summed E-state index contributed by atoms with van der Waals surface area (Å²) in [4.78, 5) is 17.1. The molecule has 1 aromatic carbocycles. The first-order valence-corrected chi connectivity index (χ1v) is 10.5. The number of halogens is 3. The monoisotopic (exact) mass is 428 g/mol. The molecule has 3 rings (SSSR count). The van der Waals surface area contributed by atoms with Crippen molar-refractivity contribution >= 4 is 5.91 Å². The molecule has 0 bridgehead atoms. The van der Waals surface area contributed by atoms with E-state index in [1.165, 1.54) is 12.1 Å². The number of hydrogen-bond donors (Lipinski definition) is 0. The molecule has 2 aliphatic rings. The number of likely N-dealkylation sites (N-methyl/N-ethyl adjacent to an activating group) is 1. The topological polar surface area (TPSA) is 42.0 Å². The van der Waals surface area contributed by atoms with Crippen LogP contribution in [0.3, 0.4) is 0 Å². The van der Waals surface area contributed by atoms with Crippen molar-refractivity contribution in [1.82, 2.24) is 9.80 Å². The van der Waals surface area contributed by atoms with Gasteiger partial charge in [0.25, 0.3) is 0 Å². The van der Waals surface area contributed by atoms with Gasteiger partial charge < -0.3 is 14.4 Å². The molecule has 1 aromatic rings. The first-order valence-electron chi connectivity index (χ1n) is 10.5. The van der Waals surface area contributed by atoms with Gasteiger partial charge >= 0.3 is 6.18 Å². The van der Waals surface area contributed by atoms with Gasteiger partial charge in [0.2, 0.25) is 5.91 Å². The highest BCUT2D eigenvalue weighted by Gasteiger charge is 2.51. The highest BCUT2D eigenvalue weighted by molar-refractivity contribution is 5.79. The van der Waals surface area contributed by atoms with Crippen molar-refractivity contribution in [3.63, 3.8) is 0 Å². The lowest BCUT2D eigenvalue weighted by Gasteiger charge is -2.51. The van der Waals surface area contributed by atoms with Gasteiger partial charge in [0.05, 0.1) is 24.1 Å². The smallest absolute Gasteiger partial charge is 0.352 e. The summed E-state index contributed by atoms with van der Waals surface area (Å²) in [7, 11) is 5.08. The van der Waals surface area contributed by atoms with Gasteiger partial charge in [-0.05, 0) is 56.5 Å². The van der Waals surface area contributed by atoms with E-state index in [0.717, 1.165) is 57.3 Å². The number of ether oxygens (including phenoxy) is 2. The molecule has 8 heteroatoms. The number of alkyl halides is 3. The van der Waals surface area contributed by atoms with E-state index in [4.69, 9.17) is 9.47 Å². The van der Waals surface area contributed by atoms with Crippen LogP contribution in [-0.4, -0.2) is 67.9 Å². The Kier molecular flexibility index (Phi) is 7.09. The molecule has 2 atom stereocenters. The Hall–Kier alpha value is -1.64. The quantitative estimate of drug-likeness (QED) is 0.648. The first-order chi connectivity index (χ1) is 14.2. The lowest BCUT2D eigenvalue weighted by atomic mass is 9.82. The Labute approximate surface area is 176 Å². The Morgan fingerprint density at radius 2 is 1.73 bits per heavy atom. The van der Waals surface area contributed by atoms with Gasteiger partial charge in [0.1, 0.15) is 0 Å². The summed E-state index contributed by atoms with van der Waals surface area (Å²) in [6.45, 7) is 1.88. The summed E-state index contributed by atoms with van der Waals surface area (Å²) >= 11 is 0. The maximum atomic E-state index is 13.0. The van der Waals surface area contributed by atoms with Crippen molar-refractivity contribution in [3.8, 4) is 0 Å². The molecule has 0 radical (unpaired) electrons. The van der Waals surface area contributed by atoms with E-state index in [1.807, 2.05) is 0 Å². The van der Waals surface area contributed by atoms with Crippen LogP contribution in [0.25, 0.3) is 0 Å². The number of carbonyl (C=O) groups is 1. The predicted molar refractivity (Wildman–Crippen MR) is 107 cm³/mol. The minimum absolute atomic E-state index is 0.0603. The summed E-state index contributed by atoms with van der Waals surface area (Å²) in [5.41, 5.74) is -0.142. The average molecular weight is 428 g/mol. The molecule has 1 amide bonds. The predicted octanol–water partition coefficient (Wildman–Crippen LogP) is 3.71. The molecule has 2 unspecified atom stereocenters. The minimum atomic E-state index is -4.38. The van der Waals surface area contributed by atoms with Crippen LogP contribution in [0.4, 0.5) is 13.2 Å². The van der Waals surface area contributed by atoms with E-state index in [0.29, 0.717) is 5.56 Å². The number of carbonyl (C=O) groups excluding carboxylic acids is 1. The van der Waals surface area contributed by atoms with Crippen LogP contribution in [0, 0.1) is 0 Å². The zero-order chi connectivity index (χ0) is 21.9. The van der Waals surface area contributed by atoms with Gasteiger partial charge in [-0.3, -0.25) is 9.69 Å². The lowest BCUT2D eigenvalue weighted by molar-refractivity contribution is -0.266. The van der Waals surface area contributed by atoms with Crippen LogP contribution in [-0.2, 0) is 26.9 Å². The molecule has 1 heterocycles. The largest absolute Gasteiger partial charge is 0.416 e. The molecule has 1 aliphatic carbocycles. The van der Waals surface area contributed by atoms with Gasteiger partial charge in [0, 0.05) is 27.7 Å². The number of methoxy groups -OCH3 is 2. The van der Waals surface area contributed by atoms with Gasteiger partial charge in [0.15, 0.2) is 5.79 Å². The maximum Gasteiger partial charge on any atom is 0.416 e. The summed E-state index contributed by atoms with van der Waals surface area (Å²) in [6.07, 6.45) is 0.364. The number of amides is 1. The third-order valence-corrected chi connectivity index (χ3v) is 6.59. The average Bonchev–Trinajstić information content (AvgIpc) is 3.26. The molecule has 1 saturated carbocycles. The van der Waals surface area contributed by atoms with Gasteiger partial charge in [-0.2, -0.15) is 13.2 Å². The third kappa shape index (κ3) is 4.65.